The molecular formula is C17H23ClN2O2. The Bertz CT molecular complexity index is 543. The highest BCUT2D eigenvalue weighted by Gasteiger charge is 2.41. The maximum absolute atomic E-state index is 12.5. The molecule has 1 aromatic carbocycles. The van der Waals surface area contributed by atoms with Gasteiger partial charge in [-0.2, -0.15) is 0 Å². The van der Waals surface area contributed by atoms with E-state index < -0.39 is 0 Å². The van der Waals surface area contributed by atoms with Crippen molar-refractivity contribution >= 4 is 17.6 Å². The highest BCUT2D eigenvalue weighted by molar-refractivity contribution is 6.30. The molecule has 2 amide bonds. The summed E-state index contributed by atoms with van der Waals surface area (Å²) in [6, 6.07) is 7.62. The molecule has 0 aromatic heterocycles. The van der Waals surface area contributed by atoms with Gasteiger partial charge in [-0.1, -0.05) is 23.7 Å². The number of urea groups is 1. The summed E-state index contributed by atoms with van der Waals surface area (Å²) in [5.74, 6) is 0. The third kappa shape index (κ3) is 3.39. The van der Waals surface area contributed by atoms with Crippen molar-refractivity contribution in [3.05, 3.63) is 34.9 Å². The first-order chi connectivity index (χ1) is 10.6. The number of rotatable bonds is 2. The smallest absolute Gasteiger partial charge is 0.317 e. The molecule has 1 aromatic rings. The van der Waals surface area contributed by atoms with Gasteiger partial charge in [-0.15, -0.1) is 0 Å². The van der Waals surface area contributed by atoms with Crippen LogP contribution in [0, 0.1) is 5.41 Å². The molecule has 1 atom stereocenters. The van der Waals surface area contributed by atoms with E-state index in [0.29, 0.717) is 5.02 Å². The van der Waals surface area contributed by atoms with Crippen molar-refractivity contribution in [3.63, 3.8) is 0 Å². The molecular weight excluding hydrogens is 300 g/mol. The van der Waals surface area contributed by atoms with E-state index in [0.717, 1.165) is 51.1 Å². The van der Waals surface area contributed by atoms with Crippen molar-refractivity contribution in [2.45, 2.75) is 32.2 Å². The molecule has 4 nitrogen and oxygen atoms in total. The molecule has 0 radical (unpaired) electrons. The number of nitrogens with zero attached hydrogens (tertiary/aromatic N) is 1. The van der Waals surface area contributed by atoms with Crippen LogP contribution in [0.1, 0.15) is 37.8 Å². The zero-order valence-corrected chi connectivity index (χ0v) is 13.7. The highest BCUT2D eigenvalue weighted by Crippen LogP contribution is 2.39. The van der Waals surface area contributed by atoms with Gasteiger partial charge in [0, 0.05) is 31.3 Å². The lowest BCUT2D eigenvalue weighted by molar-refractivity contribution is 0.0208. The van der Waals surface area contributed by atoms with Gasteiger partial charge >= 0.3 is 6.03 Å². The first-order valence-corrected chi connectivity index (χ1v) is 8.34. The predicted molar refractivity (Wildman–Crippen MR) is 87.1 cm³/mol. The Balaban J connectivity index is 1.58. The van der Waals surface area contributed by atoms with Gasteiger partial charge in [0.25, 0.3) is 0 Å². The van der Waals surface area contributed by atoms with Crippen LogP contribution in [-0.2, 0) is 4.74 Å². The Hall–Kier alpha value is -1.26. The van der Waals surface area contributed by atoms with Gasteiger partial charge in [0.05, 0.1) is 6.04 Å². The Morgan fingerprint density at radius 2 is 2.14 bits per heavy atom. The second kappa shape index (κ2) is 6.47. The Morgan fingerprint density at radius 1 is 1.36 bits per heavy atom. The van der Waals surface area contributed by atoms with Crippen LogP contribution in [0.15, 0.2) is 24.3 Å². The number of carbonyl (C=O) groups is 1. The molecule has 120 valence electrons. The fourth-order valence-corrected chi connectivity index (χ4v) is 3.66. The first kappa shape index (κ1) is 15.6. The molecule has 1 spiro atoms. The van der Waals surface area contributed by atoms with Crippen LogP contribution in [0.25, 0.3) is 0 Å². The quantitative estimate of drug-likeness (QED) is 0.903. The molecule has 22 heavy (non-hydrogen) atoms. The van der Waals surface area contributed by atoms with Crippen LogP contribution >= 0.6 is 11.6 Å². The topological polar surface area (TPSA) is 41.6 Å². The average Bonchev–Trinajstić information content (AvgIpc) is 2.91. The fourth-order valence-electron chi connectivity index (χ4n) is 3.46. The molecule has 2 aliphatic heterocycles. The van der Waals surface area contributed by atoms with Gasteiger partial charge in [-0.3, -0.25) is 0 Å². The molecule has 0 unspecified atom stereocenters. The number of hydrogen-bond donors (Lipinski definition) is 1. The van der Waals surface area contributed by atoms with Gasteiger partial charge in [-0.05, 0) is 49.3 Å². The molecule has 2 saturated heterocycles. The highest BCUT2D eigenvalue weighted by atomic mass is 35.5. The van der Waals surface area contributed by atoms with E-state index in [4.69, 9.17) is 16.3 Å². The molecule has 2 aliphatic rings. The summed E-state index contributed by atoms with van der Waals surface area (Å²) < 4.78 is 5.45. The number of halogens is 1. The lowest BCUT2D eigenvalue weighted by Crippen LogP contribution is -2.41. The number of nitrogens with one attached hydrogen (secondary N) is 1. The number of benzene rings is 1. The number of amides is 2. The van der Waals surface area contributed by atoms with Crippen LogP contribution in [0.5, 0.6) is 0 Å². The van der Waals surface area contributed by atoms with E-state index in [2.05, 4.69) is 5.32 Å². The molecule has 5 heteroatoms. The number of likely N-dealkylation sites (tertiary alicyclic amines) is 1. The summed E-state index contributed by atoms with van der Waals surface area (Å²) >= 11 is 6.01. The zero-order valence-electron chi connectivity index (χ0n) is 13.0. The van der Waals surface area contributed by atoms with Crippen molar-refractivity contribution in [2.75, 3.05) is 26.3 Å². The summed E-state index contributed by atoms with van der Waals surface area (Å²) in [5.41, 5.74) is 1.32. The van der Waals surface area contributed by atoms with E-state index in [-0.39, 0.29) is 17.5 Å². The minimum Gasteiger partial charge on any atom is -0.381 e. The maximum atomic E-state index is 12.5. The van der Waals surface area contributed by atoms with Crippen LogP contribution in [0.3, 0.4) is 0 Å². The summed E-state index contributed by atoms with van der Waals surface area (Å²) in [6.07, 6.45) is 3.23. The van der Waals surface area contributed by atoms with Crippen molar-refractivity contribution in [1.29, 1.82) is 0 Å². The number of hydrogen-bond acceptors (Lipinski definition) is 2. The monoisotopic (exact) mass is 322 g/mol. The minimum absolute atomic E-state index is 0.0239. The predicted octanol–water partition coefficient (Wildman–Crippen LogP) is 3.61. The zero-order chi connectivity index (χ0) is 15.6. The normalized spacial score (nSPS) is 21.8. The number of ether oxygens (including phenoxy) is 1. The van der Waals surface area contributed by atoms with Crippen LogP contribution in [0.2, 0.25) is 5.02 Å². The largest absolute Gasteiger partial charge is 0.381 e. The number of carbonyl (C=O) groups excluding carboxylic acids is 1. The van der Waals surface area contributed by atoms with E-state index in [1.165, 1.54) is 0 Å². The minimum atomic E-state index is -0.0440. The Morgan fingerprint density at radius 3 is 2.86 bits per heavy atom. The second-order valence-corrected chi connectivity index (χ2v) is 6.95. The van der Waals surface area contributed by atoms with Gasteiger partial charge in [-0.25, -0.2) is 4.79 Å². The summed E-state index contributed by atoms with van der Waals surface area (Å²) in [4.78, 5) is 14.4. The second-order valence-electron chi connectivity index (χ2n) is 6.51. The molecule has 2 fully saturated rings. The summed E-state index contributed by atoms with van der Waals surface area (Å²) in [6.45, 7) is 5.34. The van der Waals surface area contributed by atoms with Crippen molar-refractivity contribution in [1.82, 2.24) is 10.2 Å². The summed E-state index contributed by atoms with van der Waals surface area (Å²) in [5, 5.41) is 3.78. The lowest BCUT2D eigenvalue weighted by atomic mass is 9.80. The fraction of sp³-hybridized carbons (Fsp3) is 0.588. The lowest BCUT2D eigenvalue weighted by Gasteiger charge is -2.33. The van der Waals surface area contributed by atoms with Crippen molar-refractivity contribution in [2.24, 2.45) is 5.41 Å². The molecule has 3 rings (SSSR count). The molecule has 1 N–H and O–H groups in total. The third-order valence-electron chi connectivity index (χ3n) is 4.97. The summed E-state index contributed by atoms with van der Waals surface area (Å²) in [7, 11) is 0. The standard InChI is InChI=1S/C17H23ClN2O2/c1-13(14-3-2-4-15(18)11-14)19-16(21)20-8-5-17(12-20)6-9-22-10-7-17/h2-4,11,13H,5-10,12H2,1H3,(H,19,21)/t13-/m1/s1. The van der Waals surface area contributed by atoms with Gasteiger partial charge in [0.2, 0.25) is 0 Å². The van der Waals surface area contributed by atoms with Crippen molar-refractivity contribution < 1.29 is 9.53 Å². The SMILES string of the molecule is C[C@@H](NC(=O)N1CCC2(CCOCC2)C1)c1cccc(Cl)c1. The Labute approximate surface area is 136 Å². The van der Waals surface area contributed by atoms with Crippen molar-refractivity contribution in [3.8, 4) is 0 Å². The molecule has 2 heterocycles. The molecule has 0 saturated carbocycles. The molecule has 0 aliphatic carbocycles. The van der Waals surface area contributed by atoms with Crippen LogP contribution in [0.4, 0.5) is 4.79 Å². The Kier molecular flexibility index (Phi) is 4.59. The maximum Gasteiger partial charge on any atom is 0.317 e. The average molecular weight is 323 g/mol. The third-order valence-corrected chi connectivity index (χ3v) is 5.20. The molecule has 0 bridgehead atoms. The van der Waals surface area contributed by atoms with Gasteiger partial charge in [0.15, 0.2) is 0 Å². The van der Waals surface area contributed by atoms with Crippen LogP contribution < -0.4 is 5.32 Å². The van der Waals surface area contributed by atoms with E-state index in [1.807, 2.05) is 36.1 Å². The van der Waals surface area contributed by atoms with E-state index in [1.54, 1.807) is 0 Å². The van der Waals surface area contributed by atoms with Gasteiger partial charge < -0.3 is 15.0 Å². The van der Waals surface area contributed by atoms with E-state index >= 15 is 0 Å². The first-order valence-electron chi connectivity index (χ1n) is 7.97. The van der Waals surface area contributed by atoms with E-state index in [9.17, 15) is 4.79 Å². The van der Waals surface area contributed by atoms with Gasteiger partial charge in [0.1, 0.15) is 0 Å². The van der Waals surface area contributed by atoms with Crippen LogP contribution in [-0.4, -0.2) is 37.2 Å².